The van der Waals surface area contributed by atoms with Gasteiger partial charge in [-0.2, -0.15) is 0 Å². The largest absolute Gasteiger partial charge is 0.377 e. The lowest BCUT2D eigenvalue weighted by atomic mass is 10.0. The summed E-state index contributed by atoms with van der Waals surface area (Å²) in [7, 11) is 0. The van der Waals surface area contributed by atoms with E-state index in [-0.39, 0.29) is 0 Å². The Morgan fingerprint density at radius 1 is 1.15 bits per heavy atom. The van der Waals surface area contributed by atoms with Gasteiger partial charge in [0.1, 0.15) is 0 Å². The van der Waals surface area contributed by atoms with Crippen LogP contribution < -0.4 is 5.32 Å². The van der Waals surface area contributed by atoms with Crippen LogP contribution in [0.5, 0.6) is 0 Å². The van der Waals surface area contributed by atoms with Gasteiger partial charge in [-0.05, 0) is 26.7 Å². The van der Waals surface area contributed by atoms with Gasteiger partial charge in [-0.1, -0.05) is 20.3 Å². The molecule has 0 aromatic rings. The highest BCUT2D eigenvalue weighted by molar-refractivity contribution is 4.66. The Hall–Kier alpha value is -0.0800. The highest BCUT2D eigenvalue weighted by Crippen LogP contribution is 2.05. The molecule has 0 saturated heterocycles. The lowest BCUT2D eigenvalue weighted by molar-refractivity contribution is 0.0785. The van der Waals surface area contributed by atoms with Crippen LogP contribution in [0, 0.1) is 5.92 Å². The van der Waals surface area contributed by atoms with E-state index in [1.807, 2.05) is 0 Å². The number of nitrogens with one attached hydrogen (secondary N) is 1. The van der Waals surface area contributed by atoms with Crippen LogP contribution in [0.25, 0.3) is 0 Å². The molecular weight excluding hydrogens is 162 g/mol. The van der Waals surface area contributed by atoms with Crippen LogP contribution in [-0.4, -0.2) is 25.3 Å². The van der Waals surface area contributed by atoms with Crippen molar-refractivity contribution in [3.8, 4) is 0 Å². The van der Waals surface area contributed by atoms with Gasteiger partial charge in [0.15, 0.2) is 0 Å². The maximum Gasteiger partial charge on any atom is 0.0594 e. The first-order chi connectivity index (χ1) is 6.07. The second kappa shape index (κ2) is 7.34. The number of hydrogen-bond donors (Lipinski definition) is 1. The van der Waals surface area contributed by atoms with Crippen LogP contribution in [0.15, 0.2) is 0 Å². The van der Waals surface area contributed by atoms with E-state index in [0.717, 1.165) is 19.1 Å². The fraction of sp³-hybridized carbons (Fsp3) is 1.00. The highest BCUT2D eigenvalue weighted by Gasteiger charge is 2.08. The van der Waals surface area contributed by atoms with Crippen molar-refractivity contribution in [2.45, 2.75) is 53.2 Å². The van der Waals surface area contributed by atoms with Crippen LogP contribution in [-0.2, 0) is 4.74 Å². The Balaban J connectivity index is 3.31. The number of hydrogen-bond acceptors (Lipinski definition) is 2. The molecule has 0 bridgehead atoms. The number of ether oxygens (including phenoxy) is 1. The topological polar surface area (TPSA) is 21.3 Å². The predicted octanol–water partition coefficient (Wildman–Crippen LogP) is 2.44. The molecule has 0 aliphatic carbocycles. The summed E-state index contributed by atoms with van der Waals surface area (Å²) < 4.78 is 5.44. The standard InChI is InChI=1S/C11H25NO/c1-6-10(4)11(5)12-7-8-13-9(2)3/h9-12H,6-8H2,1-5H3. The summed E-state index contributed by atoms with van der Waals surface area (Å²) in [5.41, 5.74) is 0. The highest BCUT2D eigenvalue weighted by atomic mass is 16.5. The van der Waals surface area contributed by atoms with E-state index >= 15 is 0 Å². The van der Waals surface area contributed by atoms with E-state index < -0.39 is 0 Å². The van der Waals surface area contributed by atoms with Gasteiger partial charge in [0.05, 0.1) is 12.7 Å². The predicted molar refractivity (Wildman–Crippen MR) is 58.0 cm³/mol. The van der Waals surface area contributed by atoms with Crippen molar-refractivity contribution < 1.29 is 4.74 Å². The lowest BCUT2D eigenvalue weighted by Gasteiger charge is -2.20. The second-order valence-electron chi connectivity index (χ2n) is 4.05. The minimum Gasteiger partial charge on any atom is -0.377 e. The summed E-state index contributed by atoms with van der Waals surface area (Å²) in [6.45, 7) is 12.7. The molecule has 80 valence electrons. The van der Waals surface area contributed by atoms with Crippen LogP contribution >= 0.6 is 0 Å². The molecule has 0 fully saturated rings. The lowest BCUT2D eigenvalue weighted by Crippen LogP contribution is -2.34. The smallest absolute Gasteiger partial charge is 0.0594 e. The molecular formula is C11H25NO. The van der Waals surface area contributed by atoms with Crippen molar-refractivity contribution in [1.82, 2.24) is 5.32 Å². The molecule has 13 heavy (non-hydrogen) atoms. The monoisotopic (exact) mass is 187 g/mol. The van der Waals surface area contributed by atoms with E-state index in [4.69, 9.17) is 4.74 Å². The third-order valence-corrected chi connectivity index (χ3v) is 2.52. The normalized spacial score (nSPS) is 16.2. The van der Waals surface area contributed by atoms with Gasteiger partial charge >= 0.3 is 0 Å². The van der Waals surface area contributed by atoms with Crippen LogP contribution in [0.1, 0.15) is 41.0 Å². The Bertz CT molecular complexity index is 115. The van der Waals surface area contributed by atoms with Crippen LogP contribution in [0.2, 0.25) is 0 Å². The molecule has 2 nitrogen and oxygen atoms in total. The molecule has 2 atom stereocenters. The number of rotatable bonds is 7. The molecule has 0 rings (SSSR count). The van der Waals surface area contributed by atoms with Crippen molar-refractivity contribution in [2.75, 3.05) is 13.2 Å². The summed E-state index contributed by atoms with van der Waals surface area (Å²) in [4.78, 5) is 0. The quantitative estimate of drug-likeness (QED) is 0.618. The third-order valence-electron chi connectivity index (χ3n) is 2.52. The summed E-state index contributed by atoms with van der Waals surface area (Å²) in [6, 6.07) is 0.598. The van der Waals surface area contributed by atoms with Crippen molar-refractivity contribution in [3.63, 3.8) is 0 Å². The Morgan fingerprint density at radius 2 is 1.77 bits per heavy atom. The van der Waals surface area contributed by atoms with Gasteiger partial charge in [-0.25, -0.2) is 0 Å². The van der Waals surface area contributed by atoms with Crippen molar-refractivity contribution in [2.24, 2.45) is 5.92 Å². The molecule has 0 spiro atoms. The zero-order chi connectivity index (χ0) is 10.3. The second-order valence-corrected chi connectivity index (χ2v) is 4.05. The van der Waals surface area contributed by atoms with Crippen LogP contribution in [0.4, 0.5) is 0 Å². The first kappa shape index (κ1) is 12.9. The van der Waals surface area contributed by atoms with E-state index in [1.54, 1.807) is 0 Å². The first-order valence-corrected chi connectivity index (χ1v) is 5.42. The first-order valence-electron chi connectivity index (χ1n) is 5.42. The van der Waals surface area contributed by atoms with Gasteiger partial charge in [-0.3, -0.25) is 0 Å². The van der Waals surface area contributed by atoms with E-state index in [0.29, 0.717) is 12.1 Å². The minimum atomic E-state index is 0.348. The van der Waals surface area contributed by atoms with Gasteiger partial charge < -0.3 is 10.1 Å². The fourth-order valence-electron chi connectivity index (χ4n) is 1.14. The van der Waals surface area contributed by atoms with Crippen LogP contribution in [0.3, 0.4) is 0 Å². The van der Waals surface area contributed by atoms with Gasteiger partial charge in [0, 0.05) is 12.6 Å². The Kier molecular flexibility index (Phi) is 7.29. The van der Waals surface area contributed by atoms with Crippen molar-refractivity contribution in [1.29, 1.82) is 0 Å². The van der Waals surface area contributed by atoms with Crippen molar-refractivity contribution in [3.05, 3.63) is 0 Å². The molecule has 0 aliphatic heterocycles. The molecule has 0 amide bonds. The fourth-order valence-corrected chi connectivity index (χ4v) is 1.14. The summed E-state index contributed by atoms with van der Waals surface area (Å²) >= 11 is 0. The average Bonchev–Trinajstić information content (AvgIpc) is 2.10. The zero-order valence-electron chi connectivity index (χ0n) is 9.76. The molecule has 0 saturated carbocycles. The molecule has 0 heterocycles. The molecule has 2 unspecified atom stereocenters. The summed E-state index contributed by atoms with van der Waals surface area (Å²) in [6.07, 6.45) is 1.58. The SMILES string of the molecule is CCC(C)C(C)NCCOC(C)C. The Morgan fingerprint density at radius 3 is 2.23 bits per heavy atom. The van der Waals surface area contributed by atoms with Crippen molar-refractivity contribution >= 4 is 0 Å². The maximum atomic E-state index is 5.44. The molecule has 1 N–H and O–H groups in total. The molecule has 0 aromatic heterocycles. The van der Waals surface area contributed by atoms with Gasteiger partial charge in [0.25, 0.3) is 0 Å². The van der Waals surface area contributed by atoms with Gasteiger partial charge in [0.2, 0.25) is 0 Å². The molecule has 2 heteroatoms. The third kappa shape index (κ3) is 7.03. The van der Waals surface area contributed by atoms with Gasteiger partial charge in [-0.15, -0.1) is 0 Å². The minimum absolute atomic E-state index is 0.348. The molecule has 0 aromatic carbocycles. The molecule has 0 radical (unpaired) electrons. The summed E-state index contributed by atoms with van der Waals surface area (Å²) in [5.74, 6) is 0.749. The van der Waals surface area contributed by atoms with E-state index in [9.17, 15) is 0 Å². The maximum absolute atomic E-state index is 5.44. The Labute approximate surface area is 83.1 Å². The average molecular weight is 187 g/mol. The zero-order valence-corrected chi connectivity index (χ0v) is 9.76. The summed E-state index contributed by atoms with van der Waals surface area (Å²) in [5, 5.41) is 3.46. The molecule has 0 aliphatic rings. The van der Waals surface area contributed by atoms with E-state index in [2.05, 4.69) is 39.9 Å². The van der Waals surface area contributed by atoms with E-state index in [1.165, 1.54) is 6.42 Å².